The molecule has 0 spiro atoms. The molecule has 0 bridgehead atoms. The Morgan fingerprint density at radius 2 is 1.83 bits per heavy atom. The molecule has 2 rings (SSSR count). The van der Waals surface area contributed by atoms with E-state index in [0.29, 0.717) is 5.56 Å². The highest BCUT2D eigenvalue weighted by Gasteiger charge is 2.22. The van der Waals surface area contributed by atoms with Crippen LogP contribution in [0.25, 0.3) is 0 Å². The quantitative estimate of drug-likeness (QED) is 0.813. The molecule has 0 saturated carbocycles. The zero-order chi connectivity index (χ0) is 17.0. The fourth-order valence-corrected chi connectivity index (χ4v) is 2.29. The maximum Gasteiger partial charge on any atom is 0.112 e. The van der Waals surface area contributed by atoms with Crippen molar-refractivity contribution in [1.29, 1.82) is 5.26 Å². The van der Waals surface area contributed by atoms with Gasteiger partial charge in [-0.25, -0.2) is 0 Å². The van der Waals surface area contributed by atoms with Gasteiger partial charge in [-0.05, 0) is 45.0 Å². The van der Waals surface area contributed by atoms with E-state index in [9.17, 15) is 0 Å². The largest absolute Gasteiger partial charge is 0.368 e. The van der Waals surface area contributed by atoms with Gasteiger partial charge in [-0.3, -0.25) is 9.98 Å². The molecule has 0 aliphatic carbocycles. The van der Waals surface area contributed by atoms with Crippen LogP contribution >= 0.6 is 0 Å². The molecular weight excluding hydrogens is 284 g/mol. The standard InChI is InChI=1S/C19H22N4/c1-19(2,3)23(5)16-7-6-12-22-18(16)17(21-4)15-10-8-14(13-20)9-11-15/h6-12H,1-5H3. The number of nitriles is 1. The van der Waals surface area contributed by atoms with Gasteiger partial charge in [0.25, 0.3) is 0 Å². The second-order valence-electron chi connectivity index (χ2n) is 6.36. The summed E-state index contributed by atoms with van der Waals surface area (Å²) in [7, 11) is 3.83. The summed E-state index contributed by atoms with van der Waals surface area (Å²) in [5.41, 5.74) is 4.26. The van der Waals surface area contributed by atoms with Gasteiger partial charge in [0.1, 0.15) is 5.69 Å². The van der Waals surface area contributed by atoms with Crippen molar-refractivity contribution in [1.82, 2.24) is 4.98 Å². The molecule has 0 unspecified atom stereocenters. The second kappa shape index (κ2) is 6.62. The van der Waals surface area contributed by atoms with E-state index in [0.717, 1.165) is 22.7 Å². The molecule has 118 valence electrons. The first-order valence-electron chi connectivity index (χ1n) is 7.55. The Kier molecular flexibility index (Phi) is 4.80. The predicted molar refractivity (Wildman–Crippen MR) is 95.1 cm³/mol. The third-order valence-electron chi connectivity index (χ3n) is 3.89. The van der Waals surface area contributed by atoms with Crippen molar-refractivity contribution in [3.05, 3.63) is 59.4 Å². The summed E-state index contributed by atoms with van der Waals surface area (Å²) in [6.07, 6.45) is 1.78. The van der Waals surface area contributed by atoms with Crippen molar-refractivity contribution >= 4 is 11.4 Å². The molecule has 1 aromatic carbocycles. The molecular formula is C19H22N4. The number of anilines is 1. The van der Waals surface area contributed by atoms with Crippen LogP contribution in [-0.2, 0) is 0 Å². The van der Waals surface area contributed by atoms with E-state index < -0.39 is 0 Å². The number of aliphatic imine (C=N–C) groups is 1. The van der Waals surface area contributed by atoms with Gasteiger partial charge < -0.3 is 4.90 Å². The number of aromatic nitrogens is 1. The normalized spacial score (nSPS) is 11.9. The van der Waals surface area contributed by atoms with Crippen LogP contribution in [0.1, 0.15) is 37.6 Å². The molecule has 4 heteroatoms. The minimum absolute atomic E-state index is 0.0265. The lowest BCUT2D eigenvalue weighted by Gasteiger charge is -2.35. The zero-order valence-corrected chi connectivity index (χ0v) is 14.3. The summed E-state index contributed by atoms with van der Waals surface area (Å²) in [4.78, 5) is 11.2. The topological polar surface area (TPSA) is 52.3 Å². The number of hydrogen-bond donors (Lipinski definition) is 0. The van der Waals surface area contributed by atoms with E-state index in [-0.39, 0.29) is 5.54 Å². The van der Waals surface area contributed by atoms with E-state index in [2.05, 4.69) is 54.8 Å². The number of pyridine rings is 1. The van der Waals surface area contributed by atoms with E-state index in [1.165, 1.54) is 0 Å². The van der Waals surface area contributed by atoms with E-state index in [4.69, 9.17) is 5.26 Å². The van der Waals surface area contributed by atoms with Crippen molar-refractivity contribution in [3.63, 3.8) is 0 Å². The van der Waals surface area contributed by atoms with Crippen molar-refractivity contribution < 1.29 is 0 Å². The van der Waals surface area contributed by atoms with Crippen molar-refractivity contribution in [3.8, 4) is 6.07 Å². The number of benzene rings is 1. The first-order valence-corrected chi connectivity index (χ1v) is 7.55. The van der Waals surface area contributed by atoms with Crippen LogP contribution in [0.3, 0.4) is 0 Å². The number of hydrogen-bond acceptors (Lipinski definition) is 4. The molecule has 0 N–H and O–H groups in total. The summed E-state index contributed by atoms with van der Waals surface area (Å²) in [6, 6.07) is 13.6. The van der Waals surface area contributed by atoms with Crippen LogP contribution in [0.2, 0.25) is 0 Å². The SMILES string of the molecule is CN=C(c1ccc(C#N)cc1)c1ncccc1N(C)C(C)(C)C. The van der Waals surface area contributed by atoms with E-state index in [1.54, 1.807) is 25.4 Å². The molecule has 0 aliphatic heterocycles. The molecule has 0 atom stereocenters. The highest BCUT2D eigenvalue weighted by molar-refractivity contribution is 6.14. The smallest absolute Gasteiger partial charge is 0.112 e. The lowest BCUT2D eigenvalue weighted by molar-refractivity contribution is 0.538. The van der Waals surface area contributed by atoms with Crippen LogP contribution in [-0.4, -0.2) is 30.3 Å². The van der Waals surface area contributed by atoms with Crippen molar-refractivity contribution in [2.75, 3.05) is 19.0 Å². The molecule has 1 aromatic heterocycles. The summed E-state index contributed by atoms with van der Waals surface area (Å²) in [5.74, 6) is 0. The molecule has 0 radical (unpaired) electrons. The third kappa shape index (κ3) is 3.57. The van der Waals surface area contributed by atoms with Gasteiger partial charge in [-0.2, -0.15) is 5.26 Å². The highest BCUT2D eigenvalue weighted by atomic mass is 15.2. The maximum atomic E-state index is 8.95. The highest BCUT2D eigenvalue weighted by Crippen LogP contribution is 2.26. The van der Waals surface area contributed by atoms with Gasteiger partial charge in [-0.15, -0.1) is 0 Å². The average Bonchev–Trinajstić information content (AvgIpc) is 2.55. The Morgan fingerprint density at radius 3 is 2.35 bits per heavy atom. The van der Waals surface area contributed by atoms with Gasteiger partial charge in [0.05, 0.1) is 23.0 Å². The summed E-state index contributed by atoms with van der Waals surface area (Å²) >= 11 is 0. The lowest BCUT2D eigenvalue weighted by Crippen LogP contribution is -2.39. The summed E-state index contributed by atoms with van der Waals surface area (Å²) in [5, 5.41) is 8.95. The average molecular weight is 306 g/mol. The van der Waals surface area contributed by atoms with Crippen LogP contribution in [0.15, 0.2) is 47.6 Å². The fourth-order valence-electron chi connectivity index (χ4n) is 2.29. The Hall–Kier alpha value is -2.67. The Morgan fingerprint density at radius 1 is 1.17 bits per heavy atom. The Balaban J connectivity index is 2.53. The monoisotopic (exact) mass is 306 g/mol. The van der Waals surface area contributed by atoms with Crippen LogP contribution in [0.4, 0.5) is 5.69 Å². The molecule has 1 heterocycles. The minimum atomic E-state index is -0.0265. The van der Waals surface area contributed by atoms with Gasteiger partial charge in [0.15, 0.2) is 0 Å². The van der Waals surface area contributed by atoms with E-state index in [1.807, 2.05) is 18.2 Å². The predicted octanol–water partition coefficient (Wildman–Crippen LogP) is 3.66. The van der Waals surface area contributed by atoms with Crippen molar-refractivity contribution in [2.45, 2.75) is 26.3 Å². The molecule has 0 amide bonds. The molecule has 23 heavy (non-hydrogen) atoms. The lowest BCUT2D eigenvalue weighted by atomic mass is 10.0. The van der Waals surface area contributed by atoms with Gasteiger partial charge in [-0.1, -0.05) is 12.1 Å². The number of nitrogens with zero attached hydrogens (tertiary/aromatic N) is 4. The van der Waals surface area contributed by atoms with Gasteiger partial charge in [0, 0.05) is 31.4 Å². The molecule has 0 aliphatic rings. The summed E-state index contributed by atoms with van der Waals surface area (Å²) < 4.78 is 0. The number of rotatable bonds is 3. The summed E-state index contributed by atoms with van der Waals surface area (Å²) in [6.45, 7) is 6.48. The van der Waals surface area contributed by atoms with Crippen molar-refractivity contribution in [2.24, 2.45) is 4.99 Å². The maximum absolute atomic E-state index is 8.95. The molecule has 0 fully saturated rings. The first kappa shape index (κ1) is 16.7. The second-order valence-corrected chi connectivity index (χ2v) is 6.36. The Bertz CT molecular complexity index is 746. The fraction of sp³-hybridized carbons (Fsp3) is 0.316. The minimum Gasteiger partial charge on any atom is -0.368 e. The van der Waals surface area contributed by atoms with Crippen LogP contribution in [0, 0.1) is 11.3 Å². The first-order chi connectivity index (χ1) is 10.9. The zero-order valence-electron chi connectivity index (χ0n) is 14.3. The molecule has 4 nitrogen and oxygen atoms in total. The van der Waals surface area contributed by atoms with Crippen LogP contribution < -0.4 is 4.90 Å². The third-order valence-corrected chi connectivity index (χ3v) is 3.89. The Labute approximate surface area is 138 Å². The van der Waals surface area contributed by atoms with Crippen LogP contribution in [0.5, 0.6) is 0 Å². The van der Waals surface area contributed by atoms with Gasteiger partial charge >= 0.3 is 0 Å². The molecule has 0 saturated heterocycles. The van der Waals surface area contributed by atoms with Gasteiger partial charge in [0.2, 0.25) is 0 Å². The molecule has 2 aromatic rings. The van der Waals surface area contributed by atoms with E-state index >= 15 is 0 Å².